The number of fused-ring (bicyclic) bond motifs is 1. The quantitative estimate of drug-likeness (QED) is 0.404. The van der Waals surface area contributed by atoms with Gasteiger partial charge in [-0.2, -0.15) is 13.2 Å². The molecule has 1 aliphatic rings. The number of carbonyl (C=O) groups excluding carboxylic acids is 2. The molecule has 0 fully saturated rings. The van der Waals surface area contributed by atoms with Gasteiger partial charge >= 0.3 is 6.18 Å². The Kier molecular flexibility index (Phi) is 8.45. The number of halogens is 3. The Balaban J connectivity index is 1.44. The van der Waals surface area contributed by atoms with Crippen molar-refractivity contribution in [1.29, 1.82) is 0 Å². The molecule has 4 rings (SSSR count). The second-order valence-electron chi connectivity index (χ2n) is 9.00. The zero-order valence-electron chi connectivity index (χ0n) is 20.4. The minimum atomic E-state index is -4.46. The summed E-state index contributed by atoms with van der Waals surface area (Å²) in [6.45, 7) is 1.23. The van der Waals surface area contributed by atoms with Crippen molar-refractivity contribution in [2.24, 2.45) is 5.92 Å². The number of anilines is 1. The van der Waals surface area contributed by atoms with Crippen LogP contribution in [0.5, 0.6) is 5.75 Å². The molecule has 2 heterocycles. The van der Waals surface area contributed by atoms with Crippen LogP contribution >= 0.6 is 0 Å². The van der Waals surface area contributed by atoms with Crippen molar-refractivity contribution in [3.63, 3.8) is 0 Å². The van der Waals surface area contributed by atoms with E-state index in [0.717, 1.165) is 23.3 Å². The van der Waals surface area contributed by atoms with Crippen LogP contribution in [-0.4, -0.2) is 39.9 Å². The van der Waals surface area contributed by atoms with Crippen molar-refractivity contribution in [3.05, 3.63) is 83.2 Å². The highest BCUT2D eigenvalue weighted by Crippen LogP contribution is 2.31. The van der Waals surface area contributed by atoms with Gasteiger partial charge in [0.2, 0.25) is 11.9 Å². The summed E-state index contributed by atoms with van der Waals surface area (Å²) in [5.41, 5.74) is 1.33. The highest BCUT2D eigenvalue weighted by atomic mass is 19.4. The van der Waals surface area contributed by atoms with Gasteiger partial charge in [-0.25, -0.2) is 9.97 Å². The van der Waals surface area contributed by atoms with Gasteiger partial charge in [0.15, 0.2) is 0 Å². The molecular formula is C27H26F3N4O4-. The smallest absolute Gasteiger partial charge is 0.416 e. The summed E-state index contributed by atoms with van der Waals surface area (Å²) in [5, 5.41) is 14.4. The van der Waals surface area contributed by atoms with E-state index in [2.05, 4.69) is 15.3 Å². The maximum atomic E-state index is 13.2. The fourth-order valence-corrected chi connectivity index (χ4v) is 4.30. The molecule has 1 aliphatic heterocycles. The van der Waals surface area contributed by atoms with Gasteiger partial charge in [-0.3, -0.25) is 4.79 Å². The number of nitrogens with one attached hydrogen (secondary N) is 1. The molecule has 0 saturated carbocycles. The zero-order chi connectivity index (χ0) is 27.1. The third-order valence-electron chi connectivity index (χ3n) is 6.17. The molecule has 1 aromatic heterocycles. The van der Waals surface area contributed by atoms with E-state index < -0.39 is 30.0 Å². The monoisotopic (exact) mass is 527 g/mol. The van der Waals surface area contributed by atoms with Crippen molar-refractivity contribution in [3.8, 4) is 5.75 Å². The number of aromatic nitrogens is 2. The SMILES string of the molecule is O=C([O-])C[C@@H]1Cc2ccc(OCCCNc3ncccn3)cc2CN(Cc2ccc(C(F)(F)F)cc2)C1=O. The molecule has 1 amide bonds. The number of ether oxygens (including phenoxy) is 1. The van der Waals surface area contributed by atoms with Crippen molar-refractivity contribution in [1.82, 2.24) is 14.9 Å². The summed E-state index contributed by atoms with van der Waals surface area (Å²) >= 11 is 0. The van der Waals surface area contributed by atoms with E-state index in [1.807, 2.05) is 12.1 Å². The molecule has 3 aromatic rings. The van der Waals surface area contributed by atoms with Crippen LogP contribution in [0.3, 0.4) is 0 Å². The molecule has 8 nitrogen and oxygen atoms in total. The summed E-state index contributed by atoms with van der Waals surface area (Å²) in [5.74, 6) is -1.44. The summed E-state index contributed by atoms with van der Waals surface area (Å²) in [6, 6.07) is 11.7. The molecule has 0 spiro atoms. The number of hydrogen-bond donors (Lipinski definition) is 1. The number of carboxylic acids is 1. The fourth-order valence-electron chi connectivity index (χ4n) is 4.30. The summed E-state index contributed by atoms with van der Waals surface area (Å²) in [6.07, 6.45) is -0.723. The normalized spacial score (nSPS) is 15.5. The molecule has 0 unspecified atom stereocenters. The Morgan fingerprint density at radius 3 is 2.53 bits per heavy atom. The van der Waals surface area contributed by atoms with E-state index in [-0.39, 0.29) is 25.4 Å². The van der Waals surface area contributed by atoms with E-state index >= 15 is 0 Å². The van der Waals surface area contributed by atoms with Gasteiger partial charge in [0.1, 0.15) is 5.75 Å². The van der Waals surface area contributed by atoms with Crippen LogP contribution in [0.25, 0.3) is 0 Å². The fraction of sp³-hybridized carbons (Fsp3) is 0.333. The van der Waals surface area contributed by atoms with Gasteiger partial charge in [-0.15, -0.1) is 0 Å². The third-order valence-corrected chi connectivity index (χ3v) is 6.17. The number of rotatable bonds is 10. The van der Waals surface area contributed by atoms with Crippen LogP contribution in [0.15, 0.2) is 60.9 Å². The standard InChI is InChI=1S/C27H27F3N4O4/c28-27(29,30)22-6-3-18(4-7-22)16-34-17-21-14-23(38-12-2-11-33-26-31-9-1-10-32-26)8-5-19(21)13-20(25(34)37)15-24(35)36/h1,3-10,14,20H,2,11-13,15-17H2,(H,35,36)(H,31,32,33)/p-1/t20-/m0/s1. The Morgan fingerprint density at radius 1 is 1.11 bits per heavy atom. The van der Waals surface area contributed by atoms with E-state index in [1.54, 1.807) is 24.5 Å². The predicted octanol–water partition coefficient (Wildman–Crippen LogP) is 3.22. The molecule has 0 aliphatic carbocycles. The summed E-state index contributed by atoms with van der Waals surface area (Å²) in [7, 11) is 0. The number of nitrogens with zero attached hydrogens (tertiary/aromatic N) is 3. The lowest BCUT2D eigenvalue weighted by atomic mass is 9.94. The topological polar surface area (TPSA) is 107 Å². The van der Waals surface area contributed by atoms with Crippen LogP contribution in [0.4, 0.5) is 19.1 Å². The maximum absolute atomic E-state index is 13.2. The molecule has 1 atom stereocenters. The van der Waals surface area contributed by atoms with Gasteiger partial charge in [-0.05, 0) is 66.3 Å². The number of carboxylic acid groups (broad SMARTS) is 1. The van der Waals surface area contributed by atoms with Gasteiger partial charge in [0, 0.05) is 43.9 Å². The molecule has 1 N–H and O–H groups in total. The molecule has 38 heavy (non-hydrogen) atoms. The summed E-state index contributed by atoms with van der Waals surface area (Å²) < 4.78 is 44.7. The molecular weight excluding hydrogens is 501 g/mol. The lowest BCUT2D eigenvalue weighted by Crippen LogP contribution is -2.37. The van der Waals surface area contributed by atoms with Crippen LogP contribution in [-0.2, 0) is 35.3 Å². The predicted molar refractivity (Wildman–Crippen MR) is 130 cm³/mol. The Labute approximate surface area is 217 Å². The number of amides is 1. The average Bonchev–Trinajstić information content (AvgIpc) is 3.00. The van der Waals surface area contributed by atoms with E-state index in [0.29, 0.717) is 36.8 Å². The number of benzene rings is 2. The second kappa shape index (κ2) is 11.9. The molecule has 2 aromatic carbocycles. The number of hydrogen-bond acceptors (Lipinski definition) is 7. The minimum Gasteiger partial charge on any atom is -0.550 e. The molecule has 0 bridgehead atoms. The lowest BCUT2D eigenvalue weighted by Gasteiger charge is -2.25. The summed E-state index contributed by atoms with van der Waals surface area (Å²) in [4.78, 5) is 34.2. The van der Waals surface area contributed by atoms with Crippen LogP contribution in [0.2, 0.25) is 0 Å². The zero-order valence-corrected chi connectivity index (χ0v) is 20.4. The van der Waals surface area contributed by atoms with Crippen molar-refractivity contribution >= 4 is 17.8 Å². The molecule has 200 valence electrons. The van der Waals surface area contributed by atoms with Gasteiger partial charge in [-0.1, -0.05) is 18.2 Å². The van der Waals surface area contributed by atoms with Crippen molar-refractivity contribution in [2.45, 2.75) is 38.5 Å². The number of carbonyl (C=O) groups is 2. The van der Waals surface area contributed by atoms with E-state index in [4.69, 9.17) is 4.74 Å². The number of alkyl halides is 3. The van der Waals surface area contributed by atoms with E-state index in [9.17, 15) is 27.9 Å². The molecule has 11 heteroatoms. The first-order chi connectivity index (χ1) is 18.2. The van der Waals surface area contributed by atoms with Crippen LogP contribution in [0.1, 0.15) is 35.1 Å². The Hall–Kier alpha value is -4.15. The largest absolute Gasteiger partial charge is 0.550 e. The Morgan fingerprint density at radius 2 is 1.84 bits per heavy atom. The van der Waals surface area contributed by atoms with Crippen molar-refractivity contribution < 1.29 is 32.6 Å². The maximum Gasteiger partial charge on any atom is 0.416 e. The Bertz CT molecular complexity index is 1250. The lowest BCUT2D eigenvalue weighted by molar-refractivity contribution is -0.306. The van der Waals surface area contributed by atoms with Crippen molar-refractivity contribution in [2.75, 3.05) is 18.5 Å². The minimum absolute atomic E-state index is 0.0399. The second-order valence-corrected chi connectivity index (χ2v) is 9.00. The number of aliphatic carboxylic acids is 1. The molecule has 0 saturated heterocycles. The first-order valence-corrected chi connectivity index (χ1v) is 12.1. The van der Waals surface area contributed by atoms with Gasteiger partial charge in [0.05, 0.1) is 12.2 Å². The van der Waals surface area contributed by atoms with E-state index in [1.165, 1.54) is 17.0 Å². The highest BCUT2D eigenvalue weighted by molar-refractivity contribution is 5.83. The first kappa shape index (κ1) is 26.9. The average molecular weight is 528 g/mol. The van der Waals surface area contributed by atoms with Crippen LogP contribution < -0.4 is 15.2 Å². The van der Waals surface area contributed by atoms with Crippen LogP contribution in [0, 0.1) is 5.92 Å². The molecule has 0 radical (unpaired) electrons. The highest BCUT2D eigenvalue weighted by Gasteiger charge is 2.32. The van der Waals surface area contributed by atoms with Gasteiger partial charge in [0.25, 0.3) is 0 Å². The third kappa shape index (κ3) is 7.21. The van der Waals surface area contributed by atoms with Gasteiger partial charge < -0.3 is 24.9 Å². The first-order valence-electron chi connectivity index (χ1n) is 12.1.